The Bertz CT molecular complexity index is 957. The van der Waals surface area contributed by atoms with E-state index in [-0.39, 0.29) is 11.3 Å². The van der Waals surface area contributed by atoms with E-state index < -0.39 is 0 Å². The highest BCUT2D eigenvalue weighted by molar-refractivity contribution is 7.07. The van der Waals surface area contributed by atoms with E-state index in [4.69, 9.17) is 0 Å². The van der Waals surface area contributed by atoms with Crippen LogP contribution in [0.4, 0.5) is 0 Å². The molecule has 1 unspecified atom stereocenters. The molecule has 1 atom stereocenters. The second-order valence-corrected chi connectivity index (χ2v) is 7.20. The molecule has 1 amide bonds. The summed E-state index contributed by atoms with van der Waals surface area (Å²) in [4.78, 5) is 18.8. The minimum absolute atomic E-state index is 0.0167. The number of allylic oxidation sites excluding steroid dienone is 1. The molecule has 5 nitrogen and oxygen atoms in total. The lowest BCUT2D eigenvalue weighted by Crippen LogP contribution is -2.31. The number of aromatic nitrogens is 3. The fourth-order valence-corrected chi connectivity index (χ4v) is 4.16. The summed E-state index contributed by atoms with van der Waals surface area (Å²) in [5.74, 6) is 0.0167. The second-order valence-electron chi connectivity index (χ2n) is 6.48. The number of aromatic amines is 1. The van der Waals surface area contributed by atoms with Crippen molar-refractivity contribution in [1.82, 2.24) is 20.1 Å². The second kappa shape index (κ2) is 5.39. The number of H-pyrrole nitrogens is 1. The van der Waals surface area contributed by atoms with Gasteiger partial charge in [-0.2, -0.15) is 5.10 Å². The Morgan fingerprint density at radius 1 is 1.24 bits per heavy atom. The topological polar surface area (TPSA) is 61.6 Å². The van der Waals surface area contributed by atoms with Crippen LogP contribution in [0.3, 0.4) is 0 Å². The summed E-state index contributed by atoms with van der Waals surface area (Å²) in [6.07, 6.45) is 4.92. The Hall–Kier alpha value is -2.73. The maximum atomic E-state index is 12.4. The van der Waals surface area contributed by atoms with Crippen molar-refractivity contribution in [3.8, 4) is 0 Å². The van der Waals surface area contributed by atoms with Crippen LogP contribution in [0.15, 0.2) is 47.3 Å². The van der Waals surface area contributed by atoms with E-state index in [2.05, 4.69) is 50.9 Å². The lowest BCUT2D eigenvalue weighted by Gasteiger charge is -2.32. The standard InChI is InChI=1S/C19H16N4OS/c24-18(23-8-9-23)17-14-6-7-19(10-15(14)21-22-17,16-11-25-12-20-16)13-4-2-1-3-5-13/h1-7,11-12H,8-10H2,(H,21,22). The van der Waals surface area contributed by atoms with Crippen molar-refractivity contribution in [2.75, 3.05) is 13.1 Å². The van der Waals surface area contributed by atoms with Crippen LogP contribution < -0.4 is 0 Å². The number of rotatable bonds is 3. The van der Waals surface area contributed by atoms with E-state index >= 15 is 0 Å². The molecular formula is C19H16N4OS. The fraction of sp³-hybridized carbons (Fsp3) is 0.211. The van der Waals surface area contributed by atoms with Crippen molar-refractivity contribution >= 4 is 23.3 Å². The number of fused-ring (bicyclic) bond motifs is 1. The number of nitrogens with one attached hydrogen (secondary N) is 1. The summed E-state index contributed by atoms with van der Waals surface area (Å²) in [6, 6.07) is 10.4. The quantitative estimate of drug-likeness (QED) is 0.741. The maximum Gasteiger partial charge on any atom is 0.275 e. The minimum atomic E-state index is -0.332. The molecule has 1 aromatic carbocycles. The fourth-order valence-electron chi connectivity index (χ4n) is 3.52. The summed E-state index contributed by atoms with van der Waals surface area (Å²) in [7, 11) is 0. The molecule has 3 heterocycles. The van der Waals surface area contributed by atoms with Gasteiger partial charge in [-0.1, -0.05) is 42.5 Å². The third kappa shape index (κ3) is 2.25. The van der Waals surface area contributed by atoms with Crippen molar-refractivity contribution in [1.29, 1.82) is 0 Å². The summed E-state index contributed by atoms with van der Waals surface area (Å²) < 4.78 is 0. The van der Waals surface area contributed by atoms with Crippen molar-refractivity contribution in [3.05, 3.63) is 75.5 Å². The number of amides is 1. The minimum Gasteiger partial charge on any atom is -0.334 e. The van der Waals surface area contributed by atoms with Gasteiger partial charge in [0.05, 0.1) is 16.6 Å². The Labute approximate surface area is 149 Å². The summed E-state index contributed by atoms with van der Waals surface area (Å²) in [5.41, 5.74) is 6.19. The first-order valence-electron chi connectivity index (χ1n) is 8.28. The lowest BCUT2D eigenvalue weighted by atomic mass is 9.71. The highest BCUT2D eigenvalue weighted by atomic mass is 32.1. The summed E-state index contributed by atoms with van der Waals surface area (Å²) in [5, 5.41) is 9.52. The molecule has 0 spiro atoms. The number of carbonyl (C=O) groups excluding carboxylic acids is 1. The van der Waals surface area contributed by atoms with Crippen LogP contribution in [0, 0.1) is 0 Å². The van der Waals surface area contributed by atoms with Crippen LogP contribution in [0.5, 0.6) is 0 Å². The van der Waals surface area contributed by atoms with Gasteiger partial charge < -0.3 is 4.90 Å². The highest BCUT2D eigenvalue weighted by Crippen LogP contribution is 2.41. The van der Waals surface area contributed by atoms with Gasteiger partial charge in [0.2, 0.25) is 0 Å². The van der Waals surface area contributed by atoms with Crippen LogP contribution in [-0.4, -0.2) is 39.1 Å². The molecule has 124 valence electrons. The van der Waals surface area contributed by atoms with Crippen molar-refractivity contribution in [3.63, 3.8) is 0 Å². The molecule has 1 N–H and O–H groups in total. The Morgan fingerprint density at radius 2 is 2.08 bits per heavy atom. The van der Waals surface area contributed by atoms with Crippen LogP contribution in [0.2, 0.25) is 0 Å². The predicted octanol–water partition coefficient (Wildman–Crippen LogP) is 2.88. The molecule has 1 aliphatic carbocycles. The van der Waals surface area contributed by atoms with Crippen molar-refractivity contribution < 1.29 is 4.79 Å². The highest BCUT2D eigenvalue weighted by Gasteiger charge is 2.39. The van der Waals surface area contributed by atoms with Gasteiger partial charge in [0.15, 0.2) is 5.69 Å². The van der Waals surface area contributed by atoms with Gasteiger partial charge in [0.1, 0.15) is 0 Å². The van der Waals surface area contributed by atoms with Gasteiger partial charge in [0.25, 0.3) is 5.91 Å². The average Bonchev–Trinajstić information content (AvgIpc) is 3.19. The smallest absolute Gasteiger partial charge is 0.275 e. The molecule has 5 rings (SSSR count). The molecule has 3 aromatic rings. The Morgan fingerprint density at radius 3 is 2.80 bits per heavy atom. The molecule has 0 saturated carbocycles. The van der Waals surface area contributed by atoms with Crippen LogP contribution in [-0.2, 0) is 11.8 Å². The molecule has 6 heteroatoms. The van der Waals surface area contributed by atoms with Gasteiger partial charge in [-0.05, 0) is 5.56 Å². The van der Waals surface area contributed by atoms with E-state index in [1.165, 1.54) is 5.56 Å². The first-order chi connectivity index (χ1) is 12.3. The van der Waals surface area contributed by atoms with Gasteiger partial charge in [-0.15, -0.1) is 11.3 Å². The molecule has 25 heavy (non-hydrogen) atoms. The number of thiazole rings is 1. The zero-order valence-corrected chi connectivity index (χ0v) is 14.3. The van der Waals surface area contributed by atoms with E-state index in [1.807, 2.05) is 17.7 Å². The monoisotopic (exact) mass is 348 g/mol. The molecule has 1 fully saturated rings. The van der Waals surface area contributed by atoms with E-state index in [1.54, 1.807) is 16.2 Å². The van der Waals surface area contributed by atoms with E-state index in [9.17, 15) is 4.79 Å². The zero-order valence-electron chi connectivity index (χ0n) is 13.5. The van der Waals surface area contributed by atoms with Gasteiger partial charge in [0, 0.05) is 36.1 Å². The Balaban J connectivity index is 1.62. The van der Waals surface area contributed by atoms with E-state index in [0.717, 1.165) is 30.0 Å². The third-order valence-corrected chi connectivity index (χ3v) is 5.57. The zero-order chi connectivity index (χ0) is 16.9. The third-order valence-electron chi connectivity index (χ3n) is 4.99. The normalized spacial score (nSPS) is 21.2. The Kier molecular flexibility index (Phi) is 3.15. The van der Waals surface area contributed by atoms with Gasteiger partial charge in [-0.3, -0.25) is 9.89 Å². The molecular weight excluding hydrogens is 332 g/mol. The largest absolute Gasteiger partial charge is 0.334 e. The molecule has 0 radical (unpaired) electrons. The molecule has 0 bridgehead atoms. The first kappa shape index (κ1) is 14.6. The number of benzene rings is 1. The summed E-state index contributed by atoms with van der Waals surface area (Å²) in [6.45, 7) is 1.66. The van der Waals surface area contributed by atoms with Gasteiger partial charge >= 0.3 is 0 Å². The maximum absolute atomic E-state index is 12.4. The van der Waals surface area contributed by atoms with Gasteiger partial charge in [-0.25, -0.2) is 4.98 Å². The number of hydrogen-bond donors (Lipinski definition) is 1. The predicted molar refractivity (Wildman–Crippen MR) is 96.6 cm³/mol. The van der Waals surface area contributed by atoms with Crippen molar-refractivity contribution in [2.45, 2.75) is 11.8 Å². The van der Waals surface area contributed by atoms with Crippen molar-refractivity contribution in [2.24, 2.45) is 0 Å². The summed E-state index contributed by atoms with van der Waals surface area (Å²) >= 11 is 1.60. The lowest BCUT2D eigenvalue weighted by molar-refractivity contribution is 0.0880. The number of hydrogen-bond acceptors (Lipinski definition) is 4. The van der Waals surface area contributed by atoms with E-state index in [0.29, 0.717) is 12.1 Å². The molecule has 1 saturated heterocycles. The van der Waals surface area contributed by atoms with Crippen LogP contribution >= 0.6 is 11.3 Å². The van der Waals surface area contributed by atoms with Crippen LogP contribution in [0.25, 0.3) is 6.08 Å². The average molecular weight is 348 g/mol. The first-order valence-corrected chi connectivity index (χ1v) is 9.22. The van der Waals surface area contributed by atoms with Crippen LogP contribution in [0.1, 0.15) is 33.0 Å². The molecule has 2 aromatic heterocycles. The SMILES string of the molecule is O=C(c1n[nH]c2c1C=CC(c1ccccc1)(c1cscn1)C2)N1CC1. The number of nitrogens with zero attached hydrogens (tertiary/aromatic N) is 3. The number of carbonyl (C=O) groups is 1. The molecule has 1 aliphatic heterocycles. The molecule has 2 aliphatic rings.